The number of β-amino-alcohol motifs (C(OH)–C–C–N with tert-alkyl or cyclic N) is 1. The zero-order valence-electron chi connectivity index (χ0n) is 10.3. The highest BCUT2D eigenvalue weighted by atomic mass is 16.3. The van der Waals surface area contributed by atoms with Crippen LogP contribution in [0.25, 0.3) is 0 Å². The molecule has 0 saturated carbocycles. The van der Waals surface area contributed by atoms with Gasteiger partial charge in [-0.15, -0.1) is 0 Å². The normalized spacial score (nSPS) is 20.5. The highest BCUT2D eigenvalue weighted by Crippen LogP contribution is 2.25. The minimum absolute atomic E-state index is 0.271. The van der Waals surface area contributed by atoms with Crippen LogP contribution in [0.15, 0.2) is 0 Å². The fourth-order valence-electron chi connectivity index (χ4n) is 2.21. The maximum atomic E-state index is 9.70. The Hall–Kier alpha value is -1.40. The third-order valence-electron chi connectivity index (χ3n) is 3.06. The van der Waals surface area contributed by atoms with Crippen LogP contribution in [0.2, 0.25) is 0 Å². The summed E-state index contributed by atoms with van der Waals surface area (Å²) >= 11 is 0. The molecule has 1 aliphatic rings. The number of anilines is 2. The van der Waals surface area contributed by atoms with Crippen molar-refractivity contribution in [3.8, 4) is 0 Å². The molecule has 17 heavy (non-hydrogen) atoms. The Morgan fingerprint density at radius 1 is 1.41 bits per heavy atom. The summed E-state index contributed by atoms with van der Waals surface area (Å²) in [7, 11) is 0. The molecule has 1 fully saturated rings. The van der Waals surface area contributed by atoms with Crippen molar-refractivity contribution in [2.45, 2.75) is 32.8 Å². The van der Waals surface area contributed by atoms with Crippen molar-refractivity contribution in [3.05, 3.63) is 11.4 Å². The molecular formula is C11H19N5O. The van der Waals surface area contributed by atoms with Gasteiger partial charge in [0.2, 0.25) is 0 Å². The number of nitrogen functional groups attached to an aromatic ring is 1. The summed E-state index contributed by atoms with van der Waals surface area (Å²) in [5, 5.41) is 9.70. The minimum Gasteiger partial charge on any atom is -0.391 e. The number of aryl methyl sites for hydroxylation is 1. The topological polar surface area (TPSA) is 87.3 Å². The van der Waals surface area contributed by atoms with Crippen LogP contribution in [0, 0.1) is 13.8 Å². The molecule has 1 aromatic heterocycles. The molecular weight excluding hydrogens is 218 g/mol. The smallest absolute Gasteiger partial charge is 0.148 e. The van der Waals surface area contributed by atoms with Crippen LogP contribution >= 0.6 is 0 Å². The molecule has 0 radical (unpaired) electrons. The number of hydrazine groups is 1. The second-order valence-corrected chi connectivity index (χ2v) is 4.45. The third kappa shape index (κ3) is 2.48. The van der Waals surface area contributed by atoms with Gasteiger partial charge in [-0.05, 0) is 26.7 Å². The summed E-state index contributed by atoms with van der Waals surface area (Å²) in [4.78, 5) is 10.8. The fourth-order valence-corrected chi connectivity index (χ4v) is 2.21. The van der Waals surface area contributed by atoms with Crippen molar-refractivity contribution < 1.29 is 5.11 Å². The molecule has 6 heteroatoms. The lowest BCUT2D eigenvalue weighted by molar-refractivity contribution is 0.154. The molecule has 1 aromatic rings. The zero-order valence-corrected chi connectivity index (χ0v) is 10.3. The van der Waals surface area contributed by atoms with E-state index in [1.807, 2.05) is 13.8 Å². The van der Waals surface area contributed by atoms with E-state index in [1.165, 1.54) is 0 Å². The molecule has 0 spiro atoms. The first-order valence-corrected chi connectivity index (χ1v) is 5.86. The van der Waals surface area contributed by atoms with Crippen LogP contribution in [-0.4, -0.2) is 34.3 Å². The Labute approximate surface area is 101 Å². The van der Waals surface area contributed by atoms with E-state index in [-0.39, 0.29) is 6.10 Å². The minimum atomic E-state index is -0.271. The van der Waals surface area contributed by atoms with Crippen LogP contribution in [0.5, 0.6) is 0 Å². The van der Waals surface area contributed by atoms with E-state index >= 15 is 0 Å². The average Bonchev–Trinajstić information content (AvgIpc) is 2.31. The average molecular weight is 237 g/mol. The predicted octanol–water partition coefficient (Wildman–Crippen LogP) is 0.340. The maximum absolute atomic E-state index is 9.70. The van der Waals surface area contributed by atoms with E-state index in [0.29, 0.717) is 18.2 Å². The molecule has 1 unspecified atom stereocenters. The SMILES string of the molecule is Cc1nc(NN)c(C)c(N2CCCC(O)C2)n1. The molecule has 6 nitrogen and oxygen atoms in total. The predicted molar refractivity (Wildman–Crippen MR) is 66.8 cm³/mol. The van der Waals surface area contributed by atoms with Gasteiger partial charge in [-0.3, -0.25) is 0 Å². The molecule has 0 amide bonds. The maximum Gasteiger partial charge on any atom is 0.148 e. The number of aliphatic hydroxyl groups excluding tert-OH is 1. The molecule has 0 aromatic carbocycles. The number of piperidine rings is 1. The lowest BCUT2D eigenvalue weighted by Gasteiger charge is -2.32. The molecule has 1 atom stereocenters. The van der Waals surface area contributed by atoms with E-state index in [0.717, 1.165) is 30.8 Å². The van der Waals surface area contributed by atoms with Gasteiger partial charge < -0.3 is 15.4 Å². The molecule has 2 rings (SSSR count). The number of nitrogens with one attached hydrogen (secondary N) is 1. The van der Waals surface area contributed by atoms with Crippen molar-refractivity contribution in [1.82, 2.24) is 9.97 Å². The summed E-state index contributed by atoms with van der Waals surface area (Å²) in [6, 6.07) is 0. The van der Waals surface area contributed by atoms with Crippen molar-refractivity contribution in [2.75, 3.05) is 23.4 Å². The zero-order chi connectivity index (χ0) is 12.4. The summed E-state index contributed by atoms with van der Waals surface area (Å²) in [5.74, 6) is 7.63. The van der Waals surface area contributed by atoms with Crippen molar-refractivity contribution in [3.63, 3.8) is 0 Å². The number of nitrogens with two attached hydrogens (primary N) is 1. The monoisotopic (exact) mass is 237 g/mol. The highest BCUT2D eigenvalue weighted by molar-refractivity contribution is 5.58. The van der Waals surface area contributed by atoms with E-state index in [2.05, 4.69) is 20.3 Å². The van der Waals surface area contributed by atoms with Crippen molar-refractivity contribution >= 4 is 11.6 Å². The van der Waals surface area contributed by atoms with E-state index in [4.69, 9.17) is 5.84 Å². The Bertz CT molecular complexity index is 409. The molecule has 94 valence electrons. The first-order valence-electron chi connectivity index (χ1n) is 5.86. The van der Waals surface area contributed by atoms with Crippen molar-refractivity contribution in [1.29, 1.82) is 0 Å². The number of hydrogen-bond acceptors (Lipinski definition) is 6. The Morgan fingerprint density at radius 2 is 2.18 bits per heavy atom. The molecule has 1 saturated heterocycles. The summed E-state index contributed by atoms with van der Waals surface area (Å²) in [6.07, 6.45) is 1.57. The fraction of sp³-hybridized carbons (Fsp3) is 0.636. The number of aromatic nitrogens is 2. The molecule has 0 aliphatic carbocycles. The van der Waals surface area contributed by atoms with Crippen molar-refractivity contribution in [2.24, 2.45) is 5.84 Å². The number of rotatable bonds is 2. The second-order valence-electron chi connectivity index (χ2n) is 4.45. The first kappa shape index (κ1) is 12.1. The lowest BCUT2D eigenvalue weighted by atomic mass is 10.1. The van der Waals surface area contributed by atoms with E-state index < -0.39 is 0 Å². The van der Waals surface area contributed by atoms with Crippen LogP contribution in [0.1, 0.15) is 24.2 Å². The standard InChI is InChI=1S/C11H19N5O/c1-7-10(15-12)13-8(2)14-11(7)16-5-3-4-9(17)6-16/h9,17H,3-6,12H2,1-2H3,(H,13,14,15). The van der Waals surface area contributed by atoms with Gasteiger partial charge >= 0.3 is 0 Å². The van der Waals surface area contributed by atoms with Gasteiger partial charge in [0.15, 0.2) is 0 Å². The second kappa shape index (κ2) is 4.85. The Balaban J connectivity index is 2.33. The van der Waals surface area contributed by atoms with Gasteiger partial charge in [-0.25, -0.2) is 15.8 Å². The summed E-state index contributed by atoms with van der Waals surface area (Å²) in [6.45, 7) is 5.31. The Kier molecular flexibility index (Phi) is 3.44. The summed E-state index contributed by atoms with van der Waals surface area (Å²) in [5.41, 5.74) is 3.51. The van der Waals surface area contributed by atoms with Gasteiger partial charge in [0.25, 0.3) is 0 Å². The number of nitrogens with zero attached hydrogens (tertiary/aromatic N) is 3. The van der Waals surface area contributed by atoms with E-state index in [1.54, 1.807) is 0 Å². The molecule has 4 N–H and O–H groups in total. The number of hydrogen-bond donors (Lipinski definition) is 3. The van der Waals surface area contributed by atoms with Crippen LogP contribution in [0.3, 0.4) is 0 Å². The first-order chi connectivity index (χ1) is 8.11. The quantitative estimate of drug-likeness (QED) is 0.508. The van der Waals surface area contributed by atoms with Crippen LogP contribution < -0.4 is 16.2 Å². The number of aliphatic hydroxyl groups is 1. The highest BCUT2D eigenvalue weighted by Gasteiger charge is 2.21. The van der Waals surface area contributed by atoms with Gasteiger partial charge in [0.05, 0.1) is 6.10 Å². The van der Waals surface area contributed by atoms with Gasteiger partial charge in [-0.2, -0.15) is 0 Å². The molecule has 1 aliphatic heterocycles. The van der Waals surface area contributed by atoms with Gasteiger partial charge in [-0.1, -0.05) is 0 Å². The van der Waals surface area contributed by atoms with Gasteiger partial charge in [0, 0.05) is 18.7 Å². The summed E-state index contributed by atoms with van der Waals surface area (Å²) < 4.78 is 0. The Morgan fingerprint density at radius 3 is 2.82 bits per heavy atom. The largest absolute Gasteiger partial charge is 0.391 e. The lowest BCUT2D eigenvalue weighted by Crippen LogP contribution is -2.39. The van der Waals surface area contributed by atoms with Crippen LogP contribution in [-0.2, 0) is 0 Å². The van der Waals surface area contributed by atoms with E-state index in [9.17, 15) is 5.11 Å². The third-order valence-corrected chi connectivity index (χ3v) is 3.06. The van der Waals surface area contributed by atoms with Crippen LogP contribution in [0.4, 0.5) is 11.6 Å². The molecule has 2 heterocycles. The van der Waals surface area contributed by atoms with Gasteiger partial charge in [0.1, 0.15) is 17.5 Å². The molecule has 0 bridgehead atoms.